The number of benzene rings is 1. The fourth-order valence-corrected chi connectivity index (χ4v) is 3.91. The van der Waals surface area contributed by atoms with Crippen molar-refractivity contribution < 1.29 is 9.18 Å². The van der Waals surface area contributed by atoms with E-state index in [9.17, 15) is 9.18 Å². The fraction of sp³-hybridized carbons (Fsp3) is 0.304. The number of hydrogen-bond donors (Lipinski definition) is 3. The average Bonchev–Trinajstić information content (AvgIpc) is 2.82. The van der Waals surface area contributed by atoms with Crippen molar-refractivity contribution in [1.29, 1.82) is 0 Å². The average molecular weight is 502 g/mol. The third-order valence-electron chi connectivity index (χ3n) is 5.54. The molecule has 3 aromatic rings. The minimum absolute atomic E-state index is 0.0947. The predicted molar refractivity (Wildman–Crippen MR) is 134 cm³/mol. The molecule has 0 bridgehead atoms. The van der Waals surface area contributed by atoms with Crippen molar-refractivity contribution in [1.82, 2.24) is 25.0 Å². The van der Waals surface area contributed by atoms with E-state index in [4.69, 9.17) is 11.6 Å². The van der Waals surface area contributed by atoms with Gasteiger partial charge in [-0.25, -0.2) is 9.37 Å². The summed E-state index contributed by atoms with van der Waals surface area (Å²) in [6.07, 6.45) is 1.98. The second kappa shape index (κ2) is 11.1. The van der Waals surface area contributed by atoms with E-state index in [1.54, 1.807) is 24.4 Å². The number of pyridine rings is 1. The molecule has 1 aliphatic rings. The molecule has 1 saturated heterocycles. The molecule has 0 spiro atoms. The Labute approximate surface area is 207 Å². The zero-order valence-corrected chi connectivity index (χ0v) is 20.3. The zero-order valence-electron chi connectivity index (χ0n) is 18.6. The molecule has 11 heteroatoms. The third kappa shape index (κ3) is 6.41. The minimum atomic E-state index is -0.456. The van der Waals surface area contributed by atoms with E-state index < -0.39 is 5.82 Å². The lowest BCUT2D eigenvalue weighted by molar-refractivity contribution is -0.116. The number of thiol groups is 1. The molecule has 3 heterocycles. The molecule has 4 rings (SSSR count). The van der Waals surface area contributed by atoms with Crippen LogP contribution in [0.15, 0.2) is 47.6 Å². The molecule has 1 aliphatic heterocycles. The summed E-state index contributed by atoms with van der Waals surface area (Å²) >= 11 is 10.4. The van der Waals surface area contributed by atoms with Crippen LogP contribution in [0.4, 0.5) is 21.6 Å². The SMILES string of the molecule is CN1CCN(CCC(=O)Nc2cc(Nc3cc(-c4cc(Cl)ccc4F)nnc3S)ccn2)CC1. The van der Waals surface area contributed by atoms with Gasteiger partial charge in [-0.15, -0.1) is 22.8 Å². The molecule has 0 radical (unpaired) electrons. The summed E-state index contributed by atoms with van der Waals surface area (Å²) in [5.74, 6) is -0.123. The summed E-state index contributed by atoms with van der Waals surface area (Å²) < 4.78 is 14.3. The molecule has 2 N–H and O–H groups in total. The number of nitrogens with one attached hydrogen (secondary N) is 2. The first kappa shape index (κ1) is 24.3. The van der Waals surface area contributed by atoms with Crippen LogP contribution in [0.25, 0.3) is 11.3 Å². The highest BCUT2D eigenvalue weighted by Crippen LogP contribution is 2.30. The van der Waals surface area contributed by atoms with E-state index in [1.807, 2.05) is 0 Å². The lowest BCUT2D eigenvalue weighted by atomic mass is 10.1. The summed E-state index contributed by atoms with van der Waals surface area (Å²) in [5, 5.41) is 14.8. The molecule has 0 saturated carbocycles. The van der Waals surface area contributed by atoms with Crippen LogP contribution in [0.1, 0.15) is 6.42 Å². The van der Waals surface area contributed by atoms with Gasteiger partial charge in [0.1, 0.15) is 16.7 Å². The van der Waals surface area contributed by atoms with Gasteiger partial charge in [0, 0.05) is 67.7 Å². The number of likely N-dealkylation sites (N-methyl/N-ethyl adjacent to an activating group) is 1. The number of piperazine rings is 1. The van der Waals surface area contributed by atoms with Crippen LogP contribution in [-0.2, 0) is 4.79 Å². The van der Waals surface area contributed by atoms with Crippen LogP contribution >= 0.6 is 24.2 Å². The summed E-state index contributed by atoms with van der Waals surface area (Å²) in [5.41, 5.74) is 1.72. The van der Waals surface area contributed by atoms with Gasteiger partial charge in [-0.1, -0.05) is 11.6 Å². The molecule has 1 aromatic carbocycles. The second-order valence-electron chi connectivity index (χ2n) is 8.09. The highest BCUT2D eigenvalue weighted by atomic mass is 35.5. The van der Waals surface area contributed by atoms with E-state index in [-0.39, 0.29) is 11.5 Å². The monoisotopic (exact) mass is 501 g/mol. The topological polar surface area (TPSA) is 86.3 Å². The maximum Gasteiger partial charge on any atom is 0.226 e. The first-order valence-corrected chi connectivity index (χ1v) is 11.7. The van der Waals surface area contributed by atoms with E-state index in [0.717, 1.165) is 26.2 Å². The van der Waals surface area contributed by atoms with Crippen molar-refractivity contribution in [2.45, 2.75) is 11.4 Å². The van der Waals surface area contributed by atoms with Gasteiger partial charge in [0.25, 0.3) is 0 Å². The smallest absolute Gasteiger partial charge is 0.226 e. The number of anilines is 3. The normalized spacial score (nSPS) is 14.7. The Morgan fingerprint density at radius 1 is 1.15 bits per heavy atom. The Balaban J connectivity index is 1.41. The highest BCUT2D eigenvalue weighted by Gasteiger charge is 2.15. The number of carbonyl (C=O) groups excluding carboxylic acids is 1. The maximum absolute atomic E-state index is 14.3. The first-order valence-electron chi connectivity index (χ1n) is 10.8. The lowest BCUT2D eigenvalue weighted by Gasteiger charge is -2.32. The van der Waals surface area contributed by atoms with E-state index in [2.05, 4.69) is 55.3 Å². The fourth-order valence-electron chi connectivity index (χ4n) is 3.57. The number of rotatable bonds is 7. The first-order chi connectivity index (χ1) is 16.4. The largest absolute Gasteiger partial charge is 0.353 e. The number of hydrogen-bond acceptors (Lipinski definition) is 8. The minimum Gasteiger partial charge on any atom is -0.353 e. The van der Waals surface area contributed by atoms with Crippen molar-refractivity contribution in [2.75, 3.05) is 50.4 Å². The van der Waals surface area contributed by atoms with Crippen LogP contribution in [-0.4, -0.2) is 70.7 Å². The molecule has 8 nitrogen and oxygen atoms in total. The maximum atomic E-state index is 14.3. The summed E-state index contributed by atoms with van der Waals surface area (Å²) in [6.45, 7) is 4.67. The van der Waals surface area contributed by atoms with Crippen molar-refractivity contribution in [2.24, 2.45) is 0 Å². The predicted octanol–water partition coefficient (Wildman–Crippen LogP) is 3.94. The standard InChI is InChI=1S/C23H25ClFN7OS/c1-31-8-10-32(11-9-31)7-5-22(33)28-21-13-16(4-6-26-21)27-20-14-19(29-30-23(20)34)17-12-15(24)2-3-18(17)25/h2-4,6,12-14H,5,7-11H2,1H3,(H,30,34)(H2,26,27,28,29,33). The molecule has 0 aliphatic carbocycles. The Morgan fingerprint density at radius 2 is 1.94 bits per heavy atom. The van der Waals surface area contributed by atoms with Gasteiger partial charge in [0.05, 0.1) is 11.4 Å². The highest BCUT2D eigenvalue weighted by molar-refractivity contribution is 7.80. The zero-order chi connectivity index (χ0) is 24.1. The quantitative estimate of drug-likeness (QED) is 0.423. The van der Waals surface area contributed by atoms with Gasteiger partial charge in [0.2, 0.25) is 5.91 Å². The van der Waals surface area contributed by atoms with E-state index in [0.29, 0.717) is 45.9 Å². The van der Waals surface area contributed by atoms with Gasteiger partial charge >= 0.3 is 0 Å². The molecule has 34 heavy (non-hydrogen) atoms. The van der Waals surface area contributed by atoms with Crippen LogP contribution < -0.4 is 10.6 Å². The Kier molecular flexibility index (Phi) is 7.94. The van der Waals surface area contributed by atoms with Gasteiger partial charge in [-0.2, -0.15) is 0 Å². The van der Waals surface area contributed by atoms with Crippen molar-refractivity contribution in [3.8, 4) is 11.3 Å². The molecule has 1 fully saturated rings. The Morgan fingerprint density at radius 3 is 2.74 bits per heavy atom. The molecule has 2 aromatic heterocycles. The molecule has 0 unspecified atom stereocenters. The van der Waals surface area contributed by atoms with Gasteiger partial charge < -0.3 is 20.4 Å². The number of carbonyl (C=O) groups is 1. The molecular weight excluding hydrogens is 477 g/mol. The van der Waals surface area contributed by atoms with Crippen molar-refractivity contribution >= 4 is 47.3 Å². The summed E-state index contributed by atoms with van der Waals surface area (Å²) in [6, 6.07) is 9.33. The number of aromatic nitrogens is 3. The van der Waals surface area contributed by atoms with E-state index >= 15 is 0 Å². The van der Waals surface area contributed by atoms with Crippen LogP contribution in [0.5, 0.6) is 0 Å². The number of amides is 1. The number of halogens is 2. The van der Waals surface area contributed by atoms with Gasteiger partial charge in [-0.3, -0.25) is 4.79 Å². The van der Waals surface area contributed by atoms with E-state index in [1.165, 1.54) is 18.2 Å². The molecule has 1 amide bonds. The third-order valence-corrected chi connectivity index (χ3v) is 6.10. The Bertz CT molecular complexity index is 1170. The number of nitrogens with zero attached hydrogens (tertiary/aromatic N) is 5. The van der Waals surface area contributed by atoms with Crippen LogP contribution in [0, 0.1) is 5.82 Å². The molecular formula is C23H25ClFN7OS. The summed E-state index contributed by atoms with van der Waals surface area (Å²) in [7, 11) is 2.10. The van der Waals surface area contributed by atoms with Crippen molar-refractivity contribution in [3.63, 3.8) is 0 Å². The second-order valence-corrected chi connectivity index (χ2v) is 8.95. The van der Waals surface area contributed by atoms with Crippen LogP contribution in [0.3, 0.4) is 0 Å². The van der Waals surface area contributed by atoms with Crippen LogP contribution in [0.2, 0.25) is 5.02 Å². The van der Waals surface area contributed by atoms with Gasteiger partial charge in [-0.05, 0) is 37.4 Å². The molecule has 0 atom stereocenters. The van der Waals surface area contributed by atoms with Crippen molar-refractivity contribution in [3.05, 3.63) is 53.4 Å². The van der Waals surface area contributed by atoms with Gasteiger partial charge in [0.15, 0.2) is 0 Å². The Hall–Kier alpha value is -2.79. The lowest BCUT2D eigenvalue weighted by Crippen LogP contribution is -2.45. The molecule has 178 valence electrons. The summed E-state index contributed by atoms with van der Waals surface area (Å²) in [4.78, 5) is 21.2.